The molecule has 13 nitrogen and oxygen atoms in total. The van der Waals surface area contributed by atoms with Gasteiger partial charge >= 0.3 is 17.9 Å². The van der Waals surface area contributed by atoms with E-state index in [9.17, 15) is 29.1 Å². The fourth-order valence-corrected chi connectivity index (χ4v) is 6.81. The van der Waals surface area contributed by atoms with Gasteiger partial charge in [0.15, 0.2) is 0 Å². The lowest BCUT2D eigenvalue weighted by Crippen LogP contribution is -3.00. The molecule has 0 heterocycles. The standard InChI is InChI=1S/C50H94N4O9.2ClH/c1-8-9-24-32-45(63-50(60)37-30-36-49(59)62-43-41-54(5,6)7)44(55)31-25-20-16-12-13-17-21-26-33-46(56)51-38-27-22-18-14-10-11-15-19-23-28-39-52-47(57)34-29-35-48(58)61-42-40-53(2,3)4;;/h20,25,44-45,55H,8-19,21-24,26-43H2,1-7H3;2*1H/b25-20+;;. The number of aliphatic hydroxyl groups is 1. The zero-order chi connectivity index (χ0) is 47.0. The number of quaternary nitrogens is 2. The van der Waals surface area contributed by atoms with E-state index < -0.39 is 12.2 Å². The van der Waals surface area contributed by atoms with Crippen LogP contribution in [0.25, 0.3) is 0 Å². The molecule has 0 bridgehead atoms. The second-order valence-corrected chi connectivity index (χ2v) is 19.5. The molecule has 0 saturated carbocycles. The van der Waals surface area contributed by atoms with Crippen molar-refractivity contribution in [2.75, 3.05) is 81.7 Å². The number of carbonyl (C=O) groups excluding carboxylic acids is 5. The van der Waals surface area contributed by atoms with Crippen LogP contribution in [0.1, 0.15) is 187 Å². The van der Waals surface area contributed by atoms with Crippen molar-refractivity contribution in [2.45, 2.75) is 199 Å². The van der Waals surface area contributed by atoms with Crippen molar-refractivity contribution in [1.29, 1.82) is 0 Å². The van der Waals surface area contributed by atoms with Crippen LogP contribution in [-0.4, -0.2) is 138 Å². The molecule has 2 amide bonds. The normalized spacial score (nSPS) is 12.4. The number of ether oxygens (including phenoxy) is 3. The monoisotopic (exact) mass is 967 g/mol. The molecule has 3 N–H and O–H groups in total. The topological polar surface area (TPSA) is 157 Å². The maximum Gasteiger partial charge on any atom is 0.306 e. The largest absolute Gasteiger partial charge is 1.00 e. The summed E-state index contributed by atoms with van der Waals surface area (Å²) in [6, 6.07) is 0. The number of likely N-dealkylation sites (N-methyl/N-ethyl adjacent to an activating group) is 2. The molecule has 0 rings (SSSR count). The third kappa shape index (κ3) is 49.3. The molecule has 2 atom stereocenters. The third-order valence-corrected chi connectivity index (χ3v) is 11.0. The lowest BCUT2D eigenvalue weighted by atomic mass is 10.0. The highest BCUT2D eigenvalue weighted by molar-refractivity contribution is 5.77. The summed E-state index contributed by atoms with van der Waals surface area (Å²) in [5.41, 5.74) is 0. The minimum Gasteiger partial charge on any atom is -1.00 e. The van der Waals surface area contributed by atoms with Gasteiger partial charge in [-0.3, -0.25) is 24.0 Å². The first-order valence-electron chi connectivity index (χ1n) is 25.0. The Morgan fingerprint density at radius 2 is 0.923 bits per heavy atom. The van der Waals surface area contributed by atoms with Crippen molar-refractivity contribution < 1.29 is 77.1 Å². The molecule has 0 aromatic heterocycles. The first-order chi connectivity index (χ1) is 30.0. The van der Waals surface area contributed by atoms with Gasteiger partial charge in [0.1, 0.15) is 32.4 Å². The van der Waals surface area contributed by atoms with Crippen LogP contribution >= 0.6 is 0 Å². The van der Waals surface area contributed by atoms with Gasteiger partial charge in [0, 0.05) is 45.2 Å². The maximum atomic E-state index is 12.5. The number of amides is 2. The van der Waals surface area contributed by atoms with Crippen molar-refractivity contribution in [3.05, 3.63) is 12.2 Å². The SMILES string of the molecule is CCCCCC(OC(=O)CCCC(=O)OCC[N+](C)(C)C)C(O)C/C=C/CCCCCCCC(=O)NCCCCCCCCCCCCNC(=O)CCCC(=O)OCC[N+](C)(C)C.[Cl-].[Cl-]. The molecular formula is C50H96Cl2N4O9. The zero-order valence-corrected chi connectivity index (χ0v) is 43.7. The molecule has 0 aliphatic rings. The molecule has 2 unspecified atom stereocenters. The van der Waals surface area contributed by atoms with Crippen LogP contribution in [0.2, 0.25) is 0 Å². The predicted molar refractivity (Wildman–Crippen MR) is 254 cm³/mol. The van der Waals surface area contributed by atoms with Gasteiger partial charge in [0.2, 0.25) is 11.8 Å². The summed E-state index contributed by atoms with van der Waals surface area (Å²) in [5.74, 6) is -0.744. The summed E-state index contributed by atoms with van der Waals surface area (Å²) < 4.78 is 17.6. The second-order valence-electron chi connectivity index (χ2n) is 19.5. The van der Waals surface area contributed by atoms with Gasteiger partial charge in [0.05, 0.1) is 48.4 Å². The number of nitrogens with one attached hydrogen (secondary N) is 2. The summed E-state index contributed by atoms with van der Waals surface area (Å²) >= 11 is 0. The summed E-state index contributed by atoms with van der Waals surface area (Å²) in [4.78, 5) is 60.6. The molecule has 0 fully saturated rings. The highest BCUT2D eigenvalue weighted by Crippen LogP contribution is 2.17. The van der Waals surface area contributed by atoms with E-state index in [4.69, 9.17) is 14.2 Å². The average molecular weight is 968 g/mol. The molecule has 0 saturated heterocycles. The number of nitrogens with zero attached hydrogens (tertiary/aromatic N) is 2. The van der Waals surface area contributed by atoms with Gasteiger partial charge in [-0.1, -0.05) is 103 Å². The van der Waals surface area contributed by atoms with Crippen molar-refractivity contribution in [3.8, 4) is 0 Å². The van der Waals surface area contributed by atoms with Crippen LogP contribution in [0.5, 0.6) is 0 Å². The van der Waals surface area contributed by atoms with E-state index in [1.165, 1.54) is 38.5 Å². The van der Waals surface area contributed by atoms with Gasteiger partial charge in [-0.15, -0.1) is 0 Å². The molecule has 15 heteroatoms. The zero-order valence-electron chi connectivity index (χ0n) is 42.2. The molecule has 0 aromatic carbocycles. The predicted octanol–water partition coefficient (Wildman–Crippen LogP) is 2.50. The molecule has 0 aromatic rings. The molecule has 0 aliphatic carbocycles. The second kappa shape index (κ2) is 44.1. The molecule has 0 aliphatic heterocycles. The van der Waals surface area contributed by atoms with E-state index in [0.29, 0.717) is 62.8 Å². The fraction of sp³-hybridized carbons (Fsp3) is 0.860. The number of unbranched alkanes of at least 4 members (excludes halogenated alkanes) is 16. The van der Waals surface area contributed by atoms with E-state index in [1.807, 2.05) is 27.2 Å². The maximum absolute atomic E-state index is 12.5. The first-order valence-corrected chi connectivity index (χ1v) is 25.0. The first kappa shape index (κ1) is 66.8. The van der Waals surface area contributed by atoms with Gasteiger partial charge in [0.25, 0.3) is 0 Å². The lowest BCUT2D eigenvalue weighted by molar-refractivity contribution is -0.870. The molecule has 0 radical (unpaired) electrons. The van der Waals surface area contributed by atoms with Crippen LogP contribution < -0.4 is 35.4 Å². The Hall–Kier alpha value is -2.45. The van der Waals surface area contributed by atoms with Crippen molar-refractivity contribution in [2.24, 2.45) is 0 Å². The Balaban J connectivity index is -0.0000192. The molecule has 0 spiro atoms. The number of aliphatic hydroxyl groups excluding tert-OH is 1. The number of rotatable bonds is 43. The summed E-state index contributed by atoms with van der Waals surface area (Å²) in [7, 11) is 12.3. The van der Waals surface area contributed by atoms with E-state index >= 15 is 0 Å². The number of carbonyl (C=O) groups is 5. The Labute approximate surface area is 408 Å². The molecule has 384 valence electrons. The highest BCUT2D eigenvalue weighted by Gasteiger charge is 2.22. The van der Waals surface area contributed by atoms with Crippen molar-refractivity contribution >= 4 is 29.7 Å². The van der Waals surface area contributed by atoms with E-state index in [1.54, 1.807) is 0 Å². The lowest BCUT2D eigenvalue weighted by Gasteiger charge is -2.23. The van der Waals surface area contributed by atoms with Gasteiger partial charge in [-0.25, -0.2) is 0 Å². The highest BCUT2D eigenvalue weighted by atomic mass is 35.5. The van der Waals surface area contributed by atoms with E-state index in [0.717, 1.165) is 108 Å². The molecule has 65 heavy (non-hydrogen) atoms. The number of allylic oxidation sites excluding steroid dienone is 1. The number of esters is 3. The smallest absolute Gasteiger partial charge is 0.306 e. The van der Waals surface area contributed by atoms with Crippen molar-refractivity contribution in [1.82, 2.24) is 10.6 Å². The van der Waals surface area contributed by atoms with Crippen LogP contribution in [0, 0.1) is 0 Å². The van der Waals surface area contributed by atoms with E-state index in [2.05, 4.69) is 44.8 Å². The minimum atomic E-state index is -0.756. The van der Waals surface area contributed by atoms with Crippen LogP contribution in [0.3, 0.4) is 0 Å². The number of halogens is 2. The van der Waals surface area contributed by atoms with Crippen LogP contribution in [0.15, 0.2) is 12.2 Å². The summed E-state index contributed by atoms with van der Waals surface area (Å²) in [5, 5.41) is 16.9. The van der Waals surface area contributed by atoms with Gasteiger partial charge in [-0.2, -0.15) is 0 Å². The van der Waals surface area contributed by atoms with Gasteiger partial charge in [-0.05, 0) is 64.2 Å². The Bertz CT molecular complexity index is 1230. The number of hydrogen-bond acceptors (Lipinski definition) is 9. The Morgan fingerprint density at radius 1 is 0.508 bits per heavy atom. The quantitative estimate of drug-likeness (QED) is 0.0275. The minimum absolute atomic E-state index is 0. The van der Waals surface area contributed by atoms with E-state index in [-0.39, 0.29) is 73.8 Å². The Kier molecular flexibility index (Phi) is 45.3. The van der Waals surface area contributed by atoms with Crippen LogP contribution in [-0.2, 0) is 38.2 Å². The average Bonchev–Trinajstić information content (AvgIpc) is 3.20. The van der Waals surface area contributed by atoms with Crippen molar-refractivity contribution in [3.63, 3.8) is 0 Å². The fourth-order valence-electron chi connectivity index (χ4n) is 6.81. The summed E-state index contributed by atoms with van der Waals surface area (Å²) in [6.07, 6.45) is 27.1. The number of hydrogen-bond donors (Lipinski definition) is 3. The summed E-state index contributed by atoms with van der Waals surface area (Å²) in [6.45, 7) is 5.84. The third-order valence-electron chi connectivity index (χ3n) is 11.0. The molecular weight excluding hydrogens is 871 g/mol. The van der Waals surface area contributed by atoms with Crippen LogP contribution in [0.4, 0.5) is 0 Å². The van der Waals surface area contributed by atoms with Gasteiger partial charge < -0.3 is 63.7 Å². The Morgan fingerprint density at radius 3 is 1.40 bits per heavy atom.